The Bertz CT molecular complexity index is 447. The number of alkyl halides is 2. The molecule has 21 heavy (non-hydrogen) atoms. The lowest BCUT2D eigenvalue weighted by Crippen LogP contribution is -2.31. The van der Waals surface area contributed by atoms with Gasteiger partial charge in [0.1, 0.15) is 5.75 Å². The molecule has 0 bridgehead atoms. The fraction of sp³-hybridized carbons (Fsp3) is 0.500. The Balaban J connectivity index is 2.31. The lowest BCUT2D eigenvalue weighted by atomic mass is 10.3. The van der Waals surface area contributed by atoms with E-state index < -0.39 is 6.61 Å². The average Bonchev–Trinajstić information content (AvgIpc) is 2.35. The highest BCUT2D eigenvalue weighted by atomic mass is 32.2. The summed E-state index contributed by atoms with van der Waals surface area (Å²) in [5.41, 5.74) is 0.512. The van der Waals surface area contributed by atoms with E-state index in [0.29, 0.717) is 12.2 Å². The second-order valence-corrected chi connectivity index (χ2v) is 7.17. The van der Waals surface area contributed by atoms with Crippen LogP contribution in [0.3, 0.4) is 0 Å². The number of amides is 2. The number of rotatable bonds is 6. The summed E-state index contributed by atoms with van der Waals surface area (Å²) in [5, 5.41) is 5.35. The molecule has 7 heteroatoms. The van der Waals surface area contributed by atoms with Gasteiger partial charge in [-0.15, -0.1) is 0 Å². The van der Waals surface area contributed by atoms with Crippen LogP contribution in [0.5, 0.6) is 5.75 Å². The number of anilines is 1. The first-order chi connectivity index (χ1) is 9.76. The third-order valence-electron chi connectivity index (χ3n) is 2.26. The highest BCUT2D eigenvalue weighted by molar-refractivity contribution is 8.00. The molecule has 118 valence electrons. The van der Waals surface area contributed by atoms with E-state index in [9.17, 15) is 13.6 Å². The van der Waals surface area contributed by atoms with Crippen LogP contribution in [0.15, 0.2) is 24.3 Å². The Kier molecular flexibility index (Phi) is 6.74. The van der Waals surface area contributed by atoms with Crippen molar-refractivity contribution < 1.29 is 18.3 Å². The van der Waals surface area contributed by atoms with Crippen LogP contribution in [-0.2, 0) is 0 Å². The molecule has 0 saturated carbocycles. The van der Waals surface area contributed by atoms with Gasteiger partial charge < -0.3 is 15.4 Å². The fourth-order valence-electron chi connectivity index (χ4n) is 1.42. The lowest BCUT2D eigenvalue weighted by molar-refractivity contribution is -0.0498. The summed E-state index contributed by atoms with van der Waals surface area (Å²) in [6.45, 7) is 4.04. The van der Waals surface area contributed by atoms with Gasteiger partial charge in [-0.05, 0) is 24.3 Å². The molecule has 1 rings (SSSR count). The van der Waals surface area contributed by atoms with Gasteiger partial charge in [0.15, 0.2) is 0 Å². The predicted octanol–water partition coefficient (Wildman–Crippen LogP) is 3.94. The smallest absolute Gasteiger partial charge is 0.387 e. The topological polar surface area (TPSA) is 50.4 Å². The number of carbonyl (C=O) groups is 1. The molecule has 0 unspecified atom stereocenters. The van der Waals surface area contributed by atoms with Gasteiger partial charge in [0, 0.05) is 22.7 Å². The number of hydrogen-bond donors (Lipinski definition) is 2. The minimum absolute atomic E-state index is 0.0533. The fourth-order valence-corrected chi connectivity index (χ4v) is 2.23. The first kappa shape index (κ1) is 17.6. The maximum Gasteiger partial charge on any atom is 0.387 e. The maximum absolute atomic E-state index is 12.0. The number of thioether (sulfide) groups is 1. The number of carbonyl (C=O) groups excluding carboxylic acids is 1. The molecular weight excluding hydrogens is 298 g/mol. The molecule has 0 aliphatic carbocycles. The summed E-state index contributed by atoms with van der Waals surface area (Å²) < 4.78 is 28.4. The first-order valence-corrected chi connectivity index (χ1v) is 7.48. The minimum atomic E-state index is -2.85. The van der Waals surface area contributed by atoms with E-state index in [-0.39, 0.29) is 16.5 Å². The molecule has 0 saturated heterocycles. The second kappa shape index (κ2) is 8.07. The van der Waals surface area contributed by atoms with Gasteiger partial charge in [-0.1, -0.05) is 20.8 Å². The Hall–Kier alpha value is -1.50. The Morgan fingerprint density at radius 2 is 1.90 bits per heavy atom. The van der Waals surface area contributed by atoms with E-state index in [4.69, 9.17) is 0 Å². The number of urea groups is 1. The number of ether oxygens (including phenoxy) is 1. The highest BCUT2D eigenvalue weighted by Crippen LogP contribution is 2.22. The lowest BCUT2D eigenvalue weighted by Gasteiger charge is -2.17. The molecule has 1 aromatic carbocycles. The van der Waals surface area contributed by atoms with Crippen LogP contribution in [0.1, 0.15) is 20.8 Å². The van der Waals surface area contributed by atoms with Gasteiger partial charge in [0.25, 0.3) is 0 Å². The largest absolute Gasteiger partial charge is 0.435 e. The number of halogens is 2. The Labute approximate surface area is 127 Å². The first-order valence-electron chi connectivity index (χ1n) is 6.50. The summed E-state index contributed by atoms with van der Waals surface area (Å²) in [5.74, 6) is 0.871. The van der Waals surface area contributed by atoms with Crippen molar-refractivity contribution in [1.29, 1.82) is 0 Å². The van der Waals surface area contributed by atoms with Gasteiger partial charge in [-0.3, -0.25) is 0 Å². The van der Waals surface area contributed by atoms with Crippen molar-refractivity contribution in [3.63, 3.8) is 0 Å². The Morgan fingerprint density at radius 3 is 2.43 bits per heavy atom. The molecule has 2 N–H and O–H groups in total. The van der Waals surface area contributed by atoms with E-state index in [2.05, 4.69) is 36.1 Å². The zero-order valence-electron chi connectivity index (χ0n) is 12.3. The van der Waals surface area contributed by atoms with Crippen LogP contribution in [-0.4, -0.2) is 29.7 Å². The van der Waals surface area contributed by atoms with E-state index in [1.807, 2.05) is 0 Å². The molecule has 2 amide bonds. The molecular formula is C14H20F2N2O2S. The van der Waals surface area contributed by atoms with Gasteiger partial charge in [0.05, 0.1) is 0 Å². The molecule has 0 aliphatic rings. The maximum atomic E-state index is 12.0. The molecule has 4 nitrogen and oxygen atoms in total. The van der Waals surface area contributed by atoms with Crippen molar-refractivity contribution in [3.05, 3.63) is 24.3 Å². The molecule has 0 atom stereocenters. The summed E-state index contributed by atoms with van der Waals surface area (Å²) >= 11 is 1.76. The average molecular weight is 318 g/mol. The quantitative estimate of drug-likeness (QED) is 0.781. The van der Waals surface area contributed by atoms with Crippen LogP contribution in [0.25, 0.3) is 0 Å². The van der Waals surface area contributed by atoms with Crippen LogP contribution >= 0.6 is 11.8 Å². The predicted molar refractivity (Wildman–Crippen MR) is 82.3 cm³/mol. The van der Waals surface area contributed by atoms with Crippen LogP contribution in [0, 0.1) is 0 Å². The monoisotopic (exact) mass is 318 g/mol. The number of nitrogens with one attached hydrogen (secondary N) is 2. The van der Waals surface area contributed by atoms with Crippen molar-refractivity contribution >= 4 is 23.5 Å². The second-order valence-electron chi connectivity index (χ2n) is 5.24. The summed E-state index contributed by atoms with van der Waals surface area (Å²) in [6.07, 6.45) is 0. The summed E-state index contributed by atoms with van der Waals surface area (Å²) in [6, 6.07) is 5.42. The van der Waals surface area contributed by atoms with Gasteiger partial charge in [-0.25, -0.2) is 4.79 Å². The van der Waals surface area contributed by atoms with Crippen LogP contribution in [0.4, 0.5) is 19.3 Å². The van der Waals surface area contributed by atoms with Crippen molar-refractivity contribution in [2.24, 2.45) is 0 Å². The molecule has 0 radical (unpaired) electrons. The van der Waals surface area contributed by atoms with Crippen molar-refractivity contribution in [3.8, 4) is 5.75 Å². The molecule has 0 aliphatic heterocycles. The minimum Gasteiger partial charge on any atom is -0.435 e. The molecule has 1 aromatic rings. The summed E-state index contributed by atoms with van der Waals surface area (Å²) in [7, 11) is 0. The molecule has 0 aromatic heterocycles. The SMILES string of the molecule is CC(C)(C)SCCNC(=O)Nc1ccc(OC(F)F)cc1. The summed E-state index contributed by atoms with van der Waals surface area (Å²) in [4.78, 5) is 11.6. The Morgan fingerprint density at radius 1 is 1.29 bits per heavy atom. The van der Waals surface area contributed by atoms with E-state index >= 15 is 0 Å². The van der Waals surface area contributed by atoms with Crippen molar-refractivity contribution in [1.82, 2.24) is 5.32 Å². The third kappa shape index (κ3) is 8.39. The van der Waals surface area contributed by atoms with Crippen LogP contribution < -0.4 is 15.4 Å². The van der Waals surface area contributed by atoms with Gasteiger partial charge in [-0.2, -0.15) is 20.5 Å². The molecule has 0 fully saturated rings. The number of hydrogen-bond acceptors (Lipinski definition) is 3. The molecule has 0 heterocycles. The van der Waals surface area contributed by atoms with E-state index in [1.54, 1.807) is 11.8 Å². The van der Waals surface area contributed by atoms with Gasteiger partial charge >= 0.3 is 12.6 Å². The van der Waals surface area contributed by atoms with E-state index in [0.717, 1.165) is 5.75 Å². The normalized spacial score (nSPS) is 11.3. The van der Waals surface area contributed by atoms with Gasteiger partial charge in [0.2, 0.25) is 0 Å². The third-order valence-corrected chi connectivity index (χ3v) is 3.53. The van der Waals surface area contributed by atoms with Crippen molar-refractivity contribution in [2.75, 3.05) is 17.6 Å². The molecule has 0 spiro atoms. The van der Waals surface area contributed by atoms with E-state index in [1.165, 1.54) is 24.3 Å². The highest BCUT2D eigenvalue weighted by Gasteiger charge is 2.10. The van der Waals surface area contributed by atoms with Crippen molar-refractivity contribution in [2.45, 2.75) is 32.1 Å². The standard InChI is InChI=1S/C14H20F2N2O2S/c1-14(2,3)21-9-8-17-13(19)18-10-4-6-11(7-5-10)20-12(15)16/h4-7,12H,8-9H2,1-3H3,(H2,17,18,19). The van der Waals surface area contributed by atoms with Crippen LogP contribution in [0.2, 0.25) is 0 Å². The number of benzene rings is 1. The zero-order chi connectivity index (χ0) is 15.9. The zero-order valence-corrected chi connectivity index (χ0v) is 13.1.